The van der Waals surface area contributed by atoms with Crippen molar-refractivity contribution in [3.05, 3.63) is 59.2 Å². The second-order valence-corrected chi connectivity index (χ2v) is 9.24. The van der Waals surface area contributed by atoms with Crippen LogP contribution in [0.25, 0.3) is 10.8 Å². The van der Waals surface area contributed by atoms with Crippen molar-refractivity contribution in [1.29, 1.82) is 0 Å². The van der Waals surface area contributed by atoms with Crippen LogP contribution in [0.5, 0.6) is 23.0 Å². The van der Waals surface area contributed by atoms with Crippen molar-refractivity contribution in [3.63, 3.8) is 0 Å². The number of ether oxygens (including phenoxy) is 4. The monoisotopic (exact) mass is 536 g/mol. The van der Waals surface area contributed by atoms with Crippen molar-refractivity contribution in [1.82, 2.24) is 0 Å². The van der Waals surface area contributed by atoms with Crippen LogP contribution in [0.4, 0.5) is 0 Å². The highest BCUT2D eigenvalue weighted by molar-refractivity contribution is 6.09. The SMILES string of the molecule is CCCc1c(OCCCCCOc2ccc3ccc(OCC(=O)OC)cc3c2C(C)=O)ccc(C(C)=O)c1O. The molecule has 0 atom stereocenters. The normalized spacial score (nSPS) is 10.8. The van der Waals surface area contributed by atoms with Crippen LogP contribution in [0, 0.1) is 0 Å². The number of carbonyl (C=O) groups is 3. The molecule has 3 aromatic carbocycles. The third kappa shape index (κ3) is 7.72. The number of rotatable bonds is 15. The number of hydrogen-bond donors (Lipinski definition) is 1. The number of ketones is 2. The second-order valence-electron chi connectivity index (χ2n) is 9.24. The van der Waals surface area contributed by atoms with E-state index in [2.05, 4.69) is 4.74 Å². The van der Waals surface area contributed by atoms with Crippen molar-refractivity contribution in [2.24, 2.45) is 0 Å². The maximum absolute atomic E-state index is 12.5. The molecule has 0 heterocycles. The molecule has 1 N–H and O–H groups in total. The summed E-state index contributed by atoms with van der Waals surface area (Å²) in [7, 11) is 1.29. The summed E-state index contributed by atoms with van der Waals surface area (Å²) in [5.74, 6) is 0.774. The molecule has 0 aliphatic heterocycles. The van der Waals surface area contributed by atoms with Gasteiger partial charge in [0.05, 0.1) is 31.5 Å². The summed E-state index contributed by atoms with van der Waals surface area (Å²) < 4.78 is 22.0. The number of benzene rings is 3. The predicted octanol–water partition coefficient (Wildman–Crippen LogP) is 6.08. The van der Waals surface area contributed by atoms with E-state index in [0.29, 0.717) is 59.0 Å². The third-order valence-corrected chi connectivity index (χ3v) is 6.31. The van der Waals surface area contributed by atoms with Crippen molar-refractivity contribution >= 4 is 28.3 Å². The Hall–Kier alpha value is -4.07. The van der Waals surface area contributed by atoms with Crippen LogP contribution in [-0.2, 0) is 16.0 Å². The number of unbranched alkanes of at least 4 members (excludes halogenated alkanes) is 2. The van der Waals surface area contributed by atoms with Gasteiger partial charge in [-0.25, -0.2) is 4.79 Å². The topological polar surface area (TPSA) is 108 Å². The minimum absolute atomic E-state index is 0.00839. The van der Waals surface area contributed by atoms with Gasteiger partial charge in [-0.15, -0.1) is 0 Å². The number of hydrogen-bond acceptors (Lipinski definition) is 8. The summed E-state index contributed by atoms with van der Waals surface area (Å²) in [5, 5.41) is 12.0. The summed E-state index contributed by atoms with van der Waals surface area (Å²) in [6.07, 6.45) is 3.83. The van der Waals surface area contributed by atoms with Crippen LogP contribution in [-0.4, -0.2) is 49.6 Å². The van der Waals surface area contributed by atoms with Crippen LogP contribution < -0.4 is 14.2 Å². The number of aromatic hydroxyl groups is 1. The molecule has 39 heavy (non-hydrogen) atoms. The quantitative estimate of drug-likeness (QED) is 0.141. The summed E-state index contributed by atoms with van der Waals surface area (Å²) in [6.45, 7) is 5.62. The van der Waals surface area contributed by atoms with Crippen LogP contribution in [0.3, 0.4) is 0 Å². The number of carbonyl (C=O) groups excluding carboxylic acids is 3. The highest BCUT2D eigenvalue weighted by Gasteiger charge is 2.17. The molecule has 0 aromatic heterocycles. The highest BCUT2D eigenvalue weighted by atomic mass is 16.6. The predicted molar refractivity (Wildman–Crippen MR) is 148 cm³/mol. The average Bonchev–Trinajstić information content (AvgIpc) is 2.91. The minimum Gasteiger partial charge on any atom is -0.507 e. The first-order chi connectivity index (χ1) is 18.8. The lowest BCUT2D eigenvalue weighted by molar-refractivity contribution is -0.142. The van der Waals surface area contributed by atoms with Crippen LogP contribution in [0.1, 0.15) is 72.7 Å². The maximum Gasteiger partial charge on any atom is 0.343 e. The van der Waals surface area contributed by atoms with E-state index in [1.165, 1.54) is 21.0 Å². The van der Waals surface area contributed by atoms with E-state index < -0.39 is 5.97 Å². The Morgan fingerprint density at radius 1 is 0.821 bits per heavy atom. The average molecular weight is 537 g/mol. The van der Waals surface area contributed by atoms with Gasteiger partial charge in [-0.3, -0.25) is 9.59 Å². The van der Waals surface area contributed by atoms with E-state index in [9.17, 15) is 19.5 Å². The van der Waals surface area contributed by atoms with Crippen LogP contribution >= 0.6 is 0 Å². The largest absolute Gasteiger partial charge is 0.507 e. The van der Waals surface area contributed by atoms with Crippen molar-refractivity contribution in [3.8, 4) is 23.0 Å². The molecule has 0 spiro atoms. The Kier molecular flexibility index (Phi) is 10.7. The first kappa shape index (κ1) is 29.5. The van der Waals surface area contributed by atoms with Gasteiger partial charge < -0.3 is 24.1 Å². The van der Waals surface area contributed by atoms with E-state index in [1.807, 2.05) is 19.1 Å². The van der Waals surface area contributed by atoms with Gasteiger partial charge >= 0.3 is 5.97 Å². The van der Waals surface area contributed by atoms with Gasteiger partial charge in [-0.05, 0) is 80.6 Å². The fraction of sp³-hybridized carbons (Fsp3) is 0.387. The number of phenols is 1. The smallest absolute Gasteiger partial charge is 0.343 e. The van der Waals surface area contributed by atoms with E-state index in [-0.39, 0.29) is 23.9 Å². The van der Waals surface area contributed by atoms with Gasteiger partial charge in [-0.1, -0.05) is 25.5 Å². The highest BCUT2D eigenvalue weighted by Crippen LogP contribution is 2.34. The summed E-state index contributed by atoms with van der Waals surface area (Å²) >= 11 is 0. The molecule has 0 aliphatic carbocycles. The number of fused-ring (bicyclic) bond motifs is 1. The molecule has 0 aliphatic rings. The first-order valence-corrected chi connectivity index (χ1v) is 13.2. The van der Waals surface area contributed by atoms with Crippen molar-refractivity contribution in [2.75, 3.05) is 26.9 Å². The standard InChI is InChI=1S/C31H36O8/c1-5-9-25-27(15-13-24(20(2)32)31(25)35)37-16-7-6-8-17-38-28-14-11-22-10-12-23(39-19-29(34)36-4)18-26(22)30(28)21(3)33/h10-15,18,35H,5-9,16-17,19H2,1-4H3. The van der Waals surface area contributed by atoms with E-state index in [4.69, 9.17) is 14.2 Å². The second kappa shape index (κ2) is 14.2. The molecule has 0 fully saturated rings. The molecule has 0 saturated carbocycles. The lowest BCUT2D eigenvalue weighted by atomic mass is 10.0. The fourth-order valence-corrected chi connectivity index (χ4v) is 4.33. The van der Waals surface area contributed by atoms with Gasteiger partial charge in [0.1, 0.15) is 23.0 Å². The van der Waals surface area contributed by atoms with Crippen molar-refractivity contribution < 1.29 is 38.4 Å². The summed E-state index contributed by atoms with van der Waals surface area (Å²) in [4.78, 5) is 35.7. The molecule has 3 rings (SSSR count). The molecule has 8 heteroatoms. The van der Waals surface area contributed by atoms with Gasteiger partial charge in [0, 0.05) is 5.56 Å². The lowest BCUT2D eigenvalue weighted by Gasteiger charge is -2.15. The molecular formula is C31H36O8. The van der Waals surface area contributed by atoms with Gasteiger partial charge in [0.2, 0.25) is 0 Å². The Morgan fingerprint density at radius 2 is 1.49 bits per heavy atom. The Balaban J connectivity index is 1.56. The molecule has 0 radical (unpaired) electrons. The Labute approximate surface area is 228 Å². The lowest BCUT2D eigenvalue weighted by Crippen LogP contribution is -2.12. The van der Waals surface area contributed by atoms with E-state index in [0.717, 1.165) is 31.1 Å². The Morgan fingerprint density at radius 3 is 2.13 bits per heavy atom. The molecule has 0 unspecified atom stereocenters. The molecule has 208 valence electrons. The van der Waals surface area contributed by atoms with E-state index >= 15 is 0 Å². The zero-order valence-corrected chi connectivity index (χ0v) is 23.0. The number of esters is 1. The van der Waals surface area contributed by atoms with Gasteiger partial charge in [-0.2, -0.15) is 0 Å². The number of methoxy groups -OCH3 is 1. The molecule has 3 aromatic rings. The molecule has 0 saturated heterocycles. The number of Topliss-reactive ketones (excluding diaryl/α,β-unsaturated/α-hetero) is 2. The fourth-order valence-electron chi connectivity index (χ4n) is 4.33. The summed E-state index contributed by atoms with van der Waals surface area (Å²) in [6, 6.07) is 12.3. The Bertz CT molecular complexity index is 1330. The maximum atomic E-state index is 12.5. The van der Waals surface area contributed by atoms with Crippen molar-refractivity contribution in [2.45, 2.75) is 52.9 Å². The molecule has 0 amide bonds. The zero-order chi connectivity index (χ0) is 28.4. The molecule has 0 bridgehead atoms. The third-order valence-electron chi connectivity index (χ3n) is 6.31. The first-order valence-electron chi connectivity index (χ1n) is 13.2. The molecule has 8 nitrogen and oxygen atoms in total. The summed E-state index contributed by atoms with van der Waals surface area (Å²) in [5.41, 5.74) is 1.45. The van der Waals surface area contributed by atoms with Crippen LogP contribution in [0.2, 0.25) is 0 Å². The van der Waals surface area contributed by atoms with Gasteiger partial charge in [0.25, 0.3) is 0 Å². The number of phenolic OH excluding ortho intramolecular Hbond substituents is 1. The van der Waals surface area contributed by atoms with Crippen LogP contribution in [0.15, 0.2) is 42.5 Å². The van der Waals surface area contributed by atoms with E-state index in [1.54, 1.807) is 30.3 Å². The van der Waals surface area contributed by atoms with Gasteiger partial charge in [0.15, 0.2) is 18.2 Å². The minimum atomic E-state index is -0.491. The zero-order valence-electron chi connectivity index (χ0n) is 23.0. The molecular weight excluding hydrogens is 500 g/mol.